The summed E-state index contributed by atoms with van der Waals surface area (Å²) in [6.45, 7) is 0.452. The van der Waals surface area contributed by atoms with Crippen molar-refractivity contribution >= 4 is 34.3 Å². The van der Waals surface area contributed by atoms with Crippen molar-refractivity contribution in [2.75, 3.05) is 0 Å². The Morgan fingerprint density at radius 1 is 1.05 bits per heavy atom. The molecule has 0 saturated heterocycles. The first-order chi connectivity index (χ1) is 9.78. The molecule has 0 unspecified atom stereocenters. The van der Waals surface area contributed by atoms with Crippen molar-refractivity contribution in [3.05, 3.63) is 59.4 Å². The number of fused-ring (bicyclic) bond motifs is 1. The smallest absolute Gasteiger partial charge is 0.101 e. The van der Waals surface area contributed by atoms with Crippen LogP contribution >= 0.6 is 23.4 Å². The number of rotatable bonds is 3. The molecule has 0 amide bonds. The number of nitrogens with two attached hydrogens (primary N) is 1. The van der Waals surface area contributed by atoms with Crippen molar-refractivity contribution in [2.24, 2.45) is 5.73 Å². The van der Waals surface area contributed by atoms with Crippen LogP contribution < -0.4 is 5.73 Å². The Hall–Kier alpha value is -1.62. The second-order valence-corrected chi connectivity index (χ2v) is 5.72. The molecule has 0 radical (unpaired) electrons. The fourth-order valence-corrected chi connectivity index (χ4v) is 3.06. The van der Waals surface area contributed by atoms with Gasteiger partial charge in [0.25, 0.3) is 0 Å². The van der Waals surface area contributed by atoms with Gasteiger partial charge in [0.15, 0.2) is 0 Å². The number of pyridine rings is 2. The zero-order valence-electron chi connectivity index (χ0n) is 10.6. The van der Waals surface area contributed by atoms with Gasteiger partial charge in [-0.3, -0.25) is 4.98 Å². The molecule has 0 aliphatic carbocycles. The molecule has 3 nitrogen and oxygen atoms in total. The number of halogens is 1. The summed E-state index contributed by atoms with van der Waals surface area (Å²) in [6.07, 6.45) is 3.48. The van der Waals surface area contributed by atoms with Crippen molar-refractivity contribution in [2.45, 2.75) is 16.5 Å². The van der Waals surface area contributed by atoms with Gasteiger partial charge in [0.1, 0.15) is 5.03 Å². The maximum Gasteiger partial charge on any atom is 0.101 e. The quantitative estimate of drug-likeness (QED) is 0.797. The maximum absolute atomic E-state index is 5.87. The summed E-state index contributed by atoms with van der Waals surface area (Å²) < 4.78 is 0. The molecule has 1 aromatic carbocycles. The van der Waals surface area contributed by atoms with Crippen molar-refractivity contribution in [1.82, 2.24) is 9.97 Å². The predicted molar refractivity (Wildman–Crippen MR) is 83.0 cm³/mol. The molecule has 2 aromatic heterocycles. The third-order valence-electron chi connectivity index (χ3n) is 2.93. The minimum atomic E-state index is 0.452. The van der Waals surface area contributed by atoms with Crippen molar-refractivity contribution in [3.8, 4) is 0 Å². The van der Waals surface area contributed by atoms with Crippen LogP contribution in [0.3, 0.4) is 0 Å². The van der Waals surface area contributed by atoms with Crippen molar-refractivity contribution in [1.29, 1.82) is 0 Å². The van der Waals surface area contributed by atoms with Gasteiger partial charge in [-0.1, -0.05) is 41.6 Å². The lowest BCUT2D eigenvalue weighted by atomic mass is 10.1. The van der Waals surface area contributed by atoms with E-state index >= 15 is 0 Å². The van der Waals surface area contributed by atoms with Crippen LogP contribution in [0, 0.1) is 0 Å². The molecule has 0 saturated carbocycles. The third-order valence-corrected chi connectivity index (χ3v) is 4.29. The first-order valence-corrected chi connectivity index (χ1v) is 7.33. The summed E-state index contributed by atoms with van der Waals surface area (Å²) >= 11 is 7.45. The Labute approximate surface area is 126 Å². The number of hydrogen-bond acceptors (Lipinski definition) is 4. The van der Waals surface area contributed by atoms with Gasteiger partial charge in [0, 0.05) is 29.2 Å². The molecule has 2 N–H and O–H groups in total. The minimum Gasteiger partial charge on any atom is -0.326 e. The highest BCUT2D eigenvalue weighted by atomic mass is 35.5. The molecular weight excluding hydrogens is 290 g/mol. The average molecular weight is 302 g/mol. The van der Waals surface area contributed by atoms with Crippen LogP contribution in [-0.4, -0.2) is 9.97 Å². The Kier molecular flexibility index (Phi) is 3.87. The Bertz CT molecular complexity index is 744. The maximum atomic E-state index is 5.87. The lowest BCUT2D eigenvalue weighted by Crippen LogP contribution is -2.00. The van der Waals surface area contributed by atoms with E-state index in [4.69, 9.17) is 17.3 Å². The number of benzene rings is 1. The third kappa shape index (κ3) is 2.63. The fraction of sp³-hybridized carbons (Fsp3) is 0.0667. The van der Waals surface area contributed by atoms with E-state index in [9.17, 15) is 0 Å². The molecule has 2 heterocycles. The largest absolute Gasteiger partial charge is 0.326 e. The van der Waals surface area contributed by atoms with Crippen LogP contribution in [0.25, 0.3) is 10.9 Å². The van der Waals surface area contributed by atoms with Crippen LogP contribution in [0.4, 0.5) is 0 Å². The lowest BCUT2D eigenvalue weighted by molar-refractivity contribution is 1.02. The van der Waals surface area contributed by atoms with Gasteiger partial charge in [-0.2, -0.15) is 0 Å². The normalized spacial score (nSPS) is 10.9. The zero-order valence-corrected chi connectivity index (χ0v) is 12.2. The van der Waals surface area contributed by atoms with Gasteiger partial charge < -0.3 is 5.73 Å². The molecule has 0 spiro atoms. The first kappa shape index (κ1) is 13.4. The zero-order chi connectivity index (χ0) is 13.9. The van der Waals surface area contributed by atoms with E-state index in [1.54, 1.807) is 18.0 Å². The van der Waals surface area contributed by atoms with Gasteiger partial charge in [-0.15, -0.1) is 0 Å². The first-order valence-electron chi connectivity index (χ1n) is 6.14. The molecule has 0 aliphatic rings. The Morgan fingerprint density at radius 3 is 2.65 bits per heavy atom. The van der Waals surface area contributed by atoms with E-state index < -0.39 is 0 Å². The summed E-state index contributed by atoms with van der Waals surface area (Å²) in [5.41, 5.74) is 7.80. The van der Waals surface area contributed by atoms with Crippen LogP contribution in [0.2, 0.25) is 5.02 Å². The standard InChI is InChI=1S/C15H12ClN3S/c16-11-5-6-14(19-9-11)20-15-10(7-17)8-18-13-4-2-1-3-12(13)15/h1-6,8-9H,7,17H2. The van der Waals surface area contributed by atoms with E-state index in [2.05, 4.69) is 16.0 Å². The molecule has 20 heavy (non-hydrogen) atoms. The Morgan fingerprint density at radius 2 is 1.90 bits per heavy atom. The van der Waals surface area contributed by atoms with Crippen LogP contribution in [0.5, 0.6) is 0 Å². The molecule has 0 fully saturated rings. The molecule has 0 aliphatic heterocycles. The molecular formula is C15H12ClN3S. The summed E-state index contributed by atoms with van der Waals surface area (Å²) in [5, 5.41) is 2.62. The number of aromatic nitrogens is 2. The molecule has 0 bridgehead atoms. The van der Waals surface area contributed by atoms with Crippen LogP contribution in [0.1, 0.15) is 5.56 Å². The average Bonchev–Trinajstić information content (AvgIpc) is 2.50. The summed E-state index contributed by atoms with van der Waals surface area (Å²) in [7, 11) is 0. The van der Waals surface area contributed by atoms with E-state index in [1.807, 2.05) is 36.5 Å². The molecule has 3 rings (SSSR count). The Balaban J connectivity index is 2.11. The topological polar surface area (TPSA) is 51.8 Å². The summed E-state index contributed by atoms with van der Waals surface area (Å²) in [6, 6.07) is 11.8. The highest BCUT2D eigenvalue weighted by Gasteiger charge is 2.10. The van der Waals surface area contributed by atoms with E-state index in [-0.39, 0.29) is 0 Å². The predicted octanol–water partition coefficient (Wildman–Crippen LogP) is 3.89. The van der Waals surface area contributed by atoms with Crippen LogP contribution in [0.15, 0.2) is 58.7 Å². The SMILES string of the molecule is NCc1cnc2ccccc2c1Sc1ccc(Cl)cn1. The highest BCUT2D eigenvalue weighted by molar-refractivity contribution is 7.99. The monoisotopic (exact) mass is 301 g/mol. The van der Waals surface area contributed by atoms with Gasteiger partial charge in [-0.25, -0.2) is 4.98 Å². The van der Waals surface area contributed by atoms with Gasteiger partial charge in [0.2, 0.25) is 0 Å². The number of para-hydroxylation sites is 1. The summed E-state index contributed by atoms with van der Waals surface area (Å²) in [5.74, 6) is 0. The summed E-state index contributed by atoms with van der Waals surface area (Å²) in [4.78, 5) is 9.86. The van der Waals surface area contributed by atoms with Gasteiger partial charge in [-0.05, 0) is 23.8 Å². The van der Waals surface area contributed by atoms with Crippen molar-refractivity contribution in [3.63, 3.8) is 0 Å². The van der Waals surface area contributed by atoms with Gasteiger partial charge in [0.05, 0.1) is 10.5 Å². The van der Waals surface area contributed by atoms with Crippen LogP contribution in [-0.2, 0) is 6.54 Å². The fourth-order valence-electron chi connectivity index (χ4n) is 1.95. The number of hydrogen-bond donors (Lipinski definition) is 1. The van der Waals surface area contributed by atoms with Crippen molar-refractivity contribution < 1.29 is 0 Å². The second-order valence-electron chi connectivity index (χ2n) is 4.25. The van der Waals surface area contributed by atoms with E-state index in [0.29, 0.717) is 11.6 Å². The number of nitrogens with zero attached hydrogens (tertiary/aromatic N) is 2. The van der Waals surface area contributed by atoms with Gasteiger partial charge >= 0.3 is 0 Å². The lowest BCUT2D eigenvalue weighted by Gasteiger charge is -2.10. The molecule has 3 aromatic rings. The van der Waals surface area contributed by atoms with E-state index in [1.165, 1.54) is 0 Å². The molecule has 100 valence electrons. The molecule has 0 atom stereocenters. The van der Waals surface area contributed by atoms with E-state index in [0.717, 1.165) is 26.4 Å². The highest BCUT2D eigenvalue weighted by Crippen LogP contribution is 2.34. The second kappa shape index (κ2) is 5.79. The minimum absolute atomic E-state index is 0.452. The molecule has 5 heteroatoms.